The number of nitrogens with zero attached hydrogens (tertiary/aromatic N) is 3. The number of phenolic OH excluding ortho intramolecular Hbond substituents is 1. The van der Waals surface area contributed by atoms with Gasteiger partial charge in [-0.25, -0.2) is 4.98 Å². The van der Waals surface area contributed by atoms with Crippen molar-refractivity contribution in [1.82, 2.24) is 9.97 Å². The van der Waals surface area contributed by atoms with Crippen LogP contribution in [0.3, 0.4) is 0 Å². The van der Waals surface area contributed by atoms with Crippen LogP contribution in [0.2, 0.25) is 0 Å². The molecule has 5 N–H and O–H groups in total. The summed E-state index contributed by atoms with van der Waals surface area (Å²) in [5.74, 6) is 3.52. The Morgan fingerprint density at radius 1 is 1.15 bits per heavy atom. The lowest BCUT2D eigenvalue weighted by atomic mass is 9.65. The van der Waals surface area contributed by atoms with Gasteiger partial charge in [0, 0.05) is 19.1 Å². The molecule has 0 spiro atoms. The molecule has 0 saturated heterocycles. The number of hydrogen-bond acceptors (Lipinski definition) is 9. The Morgan fingerprint density at radius 3 is 2.44 bits per heavy atom. The van der Waals surface area contributed by atoms with Crippen molar-refractivity contribution in [1.29, 1.82) is 5.26 Å². The summed E-state index contributed by atoms with van der Waals surface area (Å²) in [6.45, 7) is 1.35. The zero-order valence-corrected chi connectivity index (χ0v) is 19.9. The lowest BCUT2D eigenvalue weighted by molar-refractivity contribution is 0.112. The number of fused-ring (bicyclic) bond motifs is 2. The van der Waals surface area contributed by atoms with Gasteiger partial charge in [-0.1, -0.05) is 6.42 Å². The van der Waals surface area contributed by atoms with Crippen LogP contribution in [0.1, 0.15) is 43.2 Å². The third kappa shape index (κ3) is 5.28. The van der Waals surface area contributed by atoms with Crippen LogP contribution in [0.5, 0.6) is 17.2 Å². The predicted molar refractivity (Wildman–Crippen MR) is 130 cm³/mol. The number of nitrogens with one attached hydrogen (secondary N) is 2. The molecule has 1 aromatic carbocycles. The predicted octanol–water partition coefficient (Wildman–Crippen LogP) is 3.29. The normalized spacial score (nSPS) is 23.6. The van der Waals surface area contributed by atoms with Gasteiger partial charge in [0.1, 0.15) is 17.5 Å². The number of rotatable bonds is 9. The van der Waals surface area contributed by atoms with Gasteiger partial charge >= 0.3 is 0 Å². The molecule has 2 aliphatic carbocycles. The van der Waals surface area contributed by atoms with Gasteiger partial charge in [-0.2, -0.15) is 10.2 Å². The zero-order chi connectivity index (χ0) is 24.1. The average Bonchev–Trinajstić information content (AvgIpc) is 2.84. The quantitative estimate of drug-likeness (QED) is 0.438. The lowest BCUT2D eigenvalue weighted by Gasteiger charge is -2.44. The van der Waals surface area contributed by atoms with E-state index in [1.165, 1.54) is 33.5 Å². The van der Waals surface area contributed by atoms with Crippen molar-refractivity contribution < 1.29 is 14.6 Å². The van der Waals surface area contributed by atoms with Crippen molar-refractivity contribution in [2.45, 2.75) is 44.6 Å². The molecule has 0 radical (unpaired) electrons. The van der Waals surface area contributed by atoms with Gasteiger partial charge in [0.2, 0.25) is 11.7 Å². The van der Waals surface area contributed by atoms with Crippen molar-refractivity contribution in [3.8, 4) is 23.3 Å². The highest BCUT2D eigenvalue weighted by molar-refractivity contribution is 5.54. The first-order chi connectivity index (χ1) is 16.5. The van der Waals surface area contributed by atoms with Crippen molar-refractivity contribution in [2.24, 2.45) is 23.5 Å². The summed E-state index contributed by atoms with van der Waals surface area (Å²) in [5, 5.41) is 26.2. The van der Waals surface area contributed by atoms with Crippen molar-refractivity contribution >= 4 is 11.8 Å². The second-order valence-electron chi connectivity index (χ2n) is 9.34. The molecule has 9 nitrogen and oxygen atoms in total. The molecule has 1 heterocycles. The number of ether oxygens (including phenoxy) is 2. The van der Waals surface area contributed by atoms with E-state index in [1.807, 2.05) is 0 Å². The summed E-state index contributed by atoms with van der Waals surface area (Å²) in [4.78, 5) is 8.84. The second kappa shape index (κ2) is 10.8. The lowest BCUT2D eigenvalue weighted by Crippen LogP contribution is -2.47. The number of hydrogen-bond donors (Lipinski definition) is 4. The Labute approximate surface area is 200 Å². The Balaban J connectivity index is 1.36. The molecule has 4 atom stereocenters. The first-order valence-electron chi connectivity index (χ1n) is 12.0. The third-order valence-electron chi connectivity index (χ3n) is 7.21. The van der Waals surface area contributed by atoms with E-state index in [1.54, 1.807) is 18.3 Å². The minimum absolute atomic E-state index is 0.0172. The van der Waals surface area contributed by atoms with Gasteiger partial charge in [-0.05, 0) is 67.6 Å². The fourth-order valence-electron chi connectivity index (χ4n) is 5.42. The summed E-state index contributed by atoms with van der Waals surface area (Å²) in [5.41, 5.74) is 7.80. The number of aromatic nitrogens is 2. The number of nitriles is 1. The molecule has 182 valence electrons. The van der Waals surface area contributed by atoms with Gasteiger partial charge in [0.05, 0.1) is 20.4 Å². The molecule has 2 aliphatic rings. The minimum Gasteiger partial charge on any atom is -0.502 e. The molecule has 1 unspecified atom stereocenters. The van der Waals surface area contributed by atoms with Crippen LogP contribution >= 0.6 is 0 Å². The Bertz CT molecular complexity index is 1000. The zero-order valence-electron chi connectivity index (χ0n) is 19.9. The highest BCUT2D eigenvalue weighted by Crippen LogP contribution is 2.42. The fraction of sp³-hybridized carbons (Fsp3) is 0.560. The average molecular weight is 467 g/mol. The van der Waals surface area contributed by atoms with Crippen molar-refractivity contribution in [2.75, 3.05) is 37.9 Å². The van der Waals surface area contributed by atoms with E-state index in [0.29, 0.717) is 65.6 Å². The summed E-state index contributed by atoms with van der Waals surface area (Å²) in [7, 11) is 3.01. The summed E-state index contributed by atoms with van der Waals surface area (Å²) in [6.07, 6.45) is 8.24. The van der Waals surface area contributed by atoms with E-state index in [9.17, 15) is 10.4 Å². The number of methoxy groups -OCH3 is 2. The van der Waals surface area contributed by atoms with Crippen molar-refractivity contribution in [3.63, 3.8) is 0 Å². The third-order valence-corrected chi connectivity index (χ3v) is 7.21. The second-order valence-corrected chi connectivity index (χ2v) is 9.34. The van der Waals surface area contributed by atoms with Gasteiger partial charge in [-0.3, -0.25) is 0 Å². The number of aromatic hydroxyl groups is 1. The number of nitrogens with two attached hydrogens (primary N) is 1. The fourth-order valence-corrected chi connectivity index (χ4v) is 5.42. The van der Waals surface area contributed by atoms with Crippen LogP contribution in [0.15, 0.2) is 18.3 Å². The molecule has 2 aromatic rings. The largest absolute Gasteiger partial charge is 0.502 e. The highest BCUT2D eigenvalue weighted by atomic mass is 16.5. The number of anilines is 2. The molecule has 2 fully saturated rings. The Hall–Kier alpha value is -3.25. The van der Waals surface area contributed by atoms with E-state index >= 15 is 0 Å². The molecule has 9 heteroatoms. The first kappa shape index (κ1) is 23.9. The van der Waals surface area contributed by atoms with Gasteiger partial charge in [0.25, 0.3) is 0 Å². The molecule has 1 aromatic heterocycles. The minimum atomic E-state index is -0.0172. The van der Waals surface area contributed by atoms with Crippen molar-refractivity contribution in [3.05, 3.63) is 29.5 Å². The standard InChI is InChI=1S/C25H34N6O3/c1-33-20-10-15(11-21(34-2)23(20)32)6-7-28-25-30-14-19(12-26)24(31-25)29-13-16-8-17-4-3-5-18(9-16)22(17)27/h10-11,14,16-18,22,32H,3-9,13,27H2,1-2H3,(H2,28,29,30,31)/t16?,17-,18+,22-. The maximum absolute atomic E-state index is 10.1. The molecular weight excluding hydrogens is 432 g/mol. The molecule has 4 rings (SSSR count). The topological polar surface area (TPSA) is 138 Å². The first-order valence-corrected chi connectivity index (χ1v) is 12.0. The summed E-state index contributed by atoms with van der Waals surface area (Å²) in [6, 6.07) is 6.08. The summed E-state index contributed by atoms with van der Waals surface area (Å²) < 4.78 is 10.4. The van der Waals surface area contributed by atoms with E-state index in [-0.39, 0.29) is 5.75 Å². The van der Waals surface area contributed by atoms with E-state index in [2.05, 4.69) is 26.7 Å². The molecule has 2 bridgehead atoms. The number of benzene rings is 1. The SMILES string of the molecule is COc1cc(CCNc2ncc(C#N)c(NCC3C[C@H]4CCC[C@@H](C3)[C@@H]4N)n2)cc(OC)c1O. The van der Waals surface area contributed by atoms with Crippen LogP contribution in [-0.4, -0.2) is 48.4 Å². The number of phenols is 1. The Kier molecular flexibility index (Phi) is 7.58. The van der Waals surface area contributed by atoms with E-state index in [4.69, 9.17) is 15.2 Å². The summed E-state index contributed by atoms with van der Waals surface area (Å²) >= 11 is 0. The molecule has 34 heavy (non-hydrogen) atoms. The van der Waals surface area contributed by atoms with Gasteiger partial charge < -0.3 is 30.9 Å². The van der Waals surface area contributed by atoms with Gasteiger partial charge in [0.15, 0.2) is 11.5 Å². The smallest absolute Gasteiger partial charge is 0.224 e. The molecule has 2 saturated carbocycles. The van der Waals surface area contributed by atoms with Crippen LogP contribution in [0.25, 0.3) is 0 Å². The van der Waals surface area contributed by atoms with Gasteiger partial charge in [-0.15, -0.1) is 0 Å². The molecular formula is C25H34N6O3. The monoisotopic (exact) mass is 466 g/mol. The molecule has 0 aliphatic heterocycles. The van der Waals surface area contributed by atoms with E-state index < -0.39 is 0 Å². The van der Waals surface area contributed by atoms with Crippen LogP contribution < -0.4 is 25.8 Å². The highest BCUT2D eigenvalue weighted by Gasteiger charge is 2.37. The maximum Gasteiger partial charge on any atom is 0.224 e. The van der Waals surface area contributed by atoms with Crippen LogP contribution in [0, 0.1) is 29.1 Å². The van der Waals surface area contributed by atoms with Crippen LogP contribution in [0.4, 0.5) is 11.8 Å². The molecule has 0 amide bonds. The van der Waals surface area contributed by atoms with Crippen LogP contribution in [-0.2, 0) is 6.42 Å². The Morgan fingerprint density at radius 2 is 1.82 bits per heavy atom. The maximum atomic E-state index is 10.1. The van der Waals surface area contributed by atoms with E-state index in [0.717, 1.165) is 24.9 Å².